The lowest BCUT2D eigenvalue weighted by Gasteiger charge is -2.38. The van der Waals surface area contributed by atoms with E-state index in [0.717, 1.165) is 38.0 Å². The zero-order valence-corrected chi connectivity index (χ0v) is 17.7. The summed E-state index contributed by atoms with van der Waals surface area (Å²) in [5, 5.41) is 3.36. The highest BCUT2D eigenvalue weighted by atomic mass is 19.1. The number of carbonyl (C=O) groups is 1. The first kappa shape index (κ1) is 22.3. The molecule has 166 valence electrons. The molecule has 1 aromatic rings. The van der Waals surface area contributed by atoms with Gasteiger partial charge in [-0.2, -0.15) is 0 Å². The van der Waals surface area contributed by atoms with Crippen LogP contribution < -0.4 is 10.2 Å². The molecule has 2 saturated heterocycles. The molecule has 9 heteroatoms. The summed E-state index contributed by atoms with van der Waals surface area (Å²) in [6.45, 7) is 3.70. The van der Waals surface area contributed by atoms with Gasteiger partial charge in [-0.25, -0.2) is 13.8 Å². The number of halogens is 2. The summed E-state index contributed by atoms with van der Waals surface area (Å²) in [7, 11) is 3.40. The van der Waals surface area contributed by atoms with E-state index < -0.39 is 11.6 Å². The maximum absolute atomic E-state index is 14.1. The van der Waals surface area contributed by atoms with Crippen molar-refractivity contribution in [2.75, 3.05) is 64.9 Å². The van der Waals surface area contributed by atoms with Crippen LogP contribution in [0.15, 0.2) is 23.2 Å². The zero-order chi connectivity index (χ0) is 21.5. The number of amides is 1. The third-order valence-corrected chi connectivity index (χ3v) is 5.45. The van der Waals surface area contributed by atoms with Crippen molar-refractivity contribution in [2.45, 2.75) is 25.4 Å². The van der Waals surface area contributed by atoms with Crippen molar-refractivity contribution >= 4 is 17.6 Å². The zero-order valence-electron chi connectivity index (χ0n) is 17.7. The molecule has 0 spiro atoms. The van der Waals surface area contributed by atoms with Gasteiger partial charge in [0.2, 0.25) is 5.91 Å². The summed E-state index contributed by atoms with van der Waals surface area (Å²) < 4.78 is 33.4. The van der Waals surface area contributed by atoms with Crippen molar-refractivity contribution < 1.29 is 18.3 Å². The summed E-state index contributed by atoms with van der Waals surface area (Å²) in [5.41, 5.74) is 0.277. The molecule has 1 atom stereocenters. The van der Waals surface area contributed by atoms with Crippen LogP contribution >= 0.6 is 0 Å². The molecule has 1 aromatic carbocycles. The Morgan fingerprint density at radius 1 is 1.23 bits per heavy atom. The van der Waals surface area contributed by atoms with Crippen LogP contribution in [0.25, 0.3) is 0 Å². The normalized spacial score (nSPS) is 20.3. The highest BCUT2D eigenvalue weighted by Crippen LogP contribution is 2.22. The SMILES string of the molecule is CN(C)C(=O)CN=C(NCC1CCCCO1)N1CCN(c2cc(F)ccc2F)CC1. The highest BCUT2D eigenvalue weighted by Gasteiger charge is 2.23. The van der Waals surface area contributed by atoms with Crippen LogP contribution in [0.3, 0.4) is 0 Å². The van der Waals surface area contributed by atoms with Crippen LogP contribution in [0.5, 0.6) is 0 Å². The van der Waals surface area contributed by atoms with Gasteiger partial charge in [-0.1, -0.05) is 0 Å². The number of anilines is 1. The van der Waals surface area contributed by atoms with Gasteiger partial charge in [-0.3, -0.25) is 4.79 Å². The molecule has 2 fully saturated rings. The van der Waals surface area contributed by atoms with Crippen LogP contribution in [0.1, 0.15) is 19.3 Å². The Morgan fingerprint density at radius 3 is 2.67 bits per heavy atom. The number of benzene rings is 1. The number of nitrogens with zero attached hydrogens (tertiary/aromatic N) is 4. The Labute approximate surface area is 176 Å². The summed E-state index contributed by atoms with van der Waals surface area (Å²) in [6.07, 6.45) is 3.38. The van der Waals surface area contributed by atoms with Crippen molar-refractivity contribution in [1.82, 2.24) is 15.1 Å². The fourth-order valence-corrected chi connectivity index (χ4v) is 3.61. The second-order valence-corrected chi connectivity index (χ2v) is 7.87. The molecule has 30 heavy (non-hydrogen) atoms. The van der Waals surface area contributed by atoms with E-state index in [1.54, 1.807) is 14.1 Å². The number of rotatable bonds is 5. The van der Waals surface area contributed by atoms with Crippen molar-refractivity contribution in [3.05, 3.63) is 29.8 Å². The molecule has 0 radical (unpaired) electrons. The Bertz CT molecular complexity index is 745. The summed E-state index contributed by atoms with van der Waals surface area (Å²) >= 11 is 0. The number of hydrogen-bond donors (Lipinski definition) is 1. The second kappa shape index (κ2) is 10.6. The monoisotopic (exact) mass is 423 g/mol. The molecular weight excluding hydrogens is 392 g/mol. The number of guanidine groups is 1. The van der Waals surface area contributed by atoms with E-state index >= 15 is 0 Å². The number of likely N-dealkylation sites (N-methyl/N-ethyl adjacent to an activating group) is 1. The molecule has 1 N–H and O–H groups in total. The van der Waals surface area contributed by atoms with Gasteiger partial charge < -0.3 is 24.8 Å². The van der Waals surface area contributed by atoms with Gasteiger partial charge in [-0.15, -0.1) is 0 Å². The fraction of sp³-hybridized carbons (Fsp3) is 0.619. The van der Waals surface area contributed by atoms with E-state index in [9.17, 15) is 13.6 Å². The predicted molar refractivity (Wildman–Crippen MR) is 113 cm³/mol. The molecule has 0 aliphatic carbocycles. The molecule has 7 nitrogen and oxygen atoms in total. The quantitative estimate of drug-likeness (QED) is 0.577. The third-order valence-electron chi connectivity index (χ3n) is 5.45. The number of hydrogen-bond acceptors (Lipinski definition) is 4. The van der Waals surface area contributed by atoms with Crippen LogP contribution in [-0.4, -0.2) is 87.7 Å². The highest BCUT2D eigenvalue weighted by molar-refractivity contribution is 5.85. The van der Waals surface area contributed by atoms with Gasteiger partial charge in [-0.05, 0) is 31.4 Å². The molecule has 2 aliphatic rings. The third kappa shape index (κ3) is 6.04. The molecule has 0 aromatic heterocycles. The first-order valence-electron chi connectivity index (χ1n) is 10.5. The van der Waals surface area contributed by atoms with Crippen molar-refractivity contribution in [1.29, 1.82) is 0 Å². The Morgan fingerprint density at radius 2 is 2.00 bits per heavy atom. The molecule has 1 amide bonds. The first-order chi connectivity index (χ1) is 14.4. The number of carbonyl (C=O) groups excluding carboxylic acids is 1. The van der Waals surface area contributed by atoms with E-state index in [0.29, 0.717) is 38.7 Å². The van der Waals surface area contributed by atoms with Gasteiger partial charge >= 0.3 is 0 Å². The van der Waals surface area contributed by atoms with Crippen LogP contribution in [0.2, 0.25) is 0 Å². The minimum Gasteiger partial charge on any atom is -0.376 e. The minimum absolute atomic E-state index is 0.0552. The van der Waals surface area contributed by atoms with Crippen LogP contribution in [0, 0.1) is 11.6 Å². The second-order valence-electron chi connectivity index (χ2n) is 7.87. The van der Waals surface area contributed by atoms with Crippen molar-refractivity contribution in [2.24, 2.45) is 4.99 Å². The van der Waals surface area contributed by atoms with Crippen LogP contribution in [-0.2, 0) is 9.53 Å². The average molecular weight is 424 g/mol. The van der Waals surface area contributed by atoms with Gasteiger partial charge in [0.25, 0.3) is 0 Å². The van der Waals surface area contributed by atoms with Crippen molar-refractivity contribution in [3.63, 3.8) is 0 Å². The van der Waals surface area contributed by atoms with Crippen molar-refractivity contribution in [3.8, 4) is 0 Å². The number of piperazine rings is 1. The lowest BCUT2D eigenvalue weighted by Crippen LogP contribution is -2.54. The first-order valence-corrected chi connectivity index (χ1v) is 10.5. The van der Waals surface area contributed by atoms with Gasteiger partial charge in [0.15, 0.2) is 5.96 Å². The summed E-state index contributed by atoms with van der Waals surface area (Å²) in [5.74, 6) is -0.308. The number of nitrogens with one attached hydrogen (secondary N) is 1. The fourth-order valence-electron chi connectivity index (χ4n) is 3.61. The summed E-state index contributed by atoms with van der Waals surface area (Å²) in [4.78, 5) is 21.9. The molecular formula is C21H31F2N5O2. The minimum atomic E-state index is -0.451. The number of ether oxygens (including phenoxy) is 1. The van der Waals surface area contributed by atoms with Gasteiger partial charge in [0.05, 0.1) is 11.8 Å². The topological polar surface area (TPSA) is 60.4 Å². The van der Waals surface area contributed by atoms with E-state index in [-0.39, 0.29) is 24.2 Å². The Kier molecular flexibility index (Phi) is 7.84. The van der Waals surface area contributed by atoms with Crippen LogP contribution in [0.4, 0.5) is 14.5 Å². The molecule has 2 aliphatic heterocycles. The standard InChI is InChI=1S/C21H31F2N5O2/c1-26(2)20(29)15-25-21(24-14-17-5-3-4-12-30-17)28-10-8-27(9-11-28)19-13-16(22)6-7-18(19)23/h6-7,13,17H,3-5,8-12,14-15H2,1-2H3,(H,24,25). The van der Waals surface area contributed by atoms with E-state index in [4.69, 9.17) is 4.74 Å². The summed E-state index contributed by atoms with van der Waals surface area (Å²) in [6, 6.07) is 3.51. The average Bonchev–Trinajstić information content (AvgIpc) is 2.76. The molecule has 3 rings (SSSR count). The maximum Gasteiger partial charge on any atom is 0.243 e. The van der Waals surface area contributed by atoms with Gasteiger partial charge in [0, 0.05) is 59.5 Å². The smallest absolute Gasteiger partial charge is 0.243 e. The van der Waals surface area contributed by atoms with E-state index in [1.165, 1.54) is 11.0 Å². The lowest BCUT2D eigenvalue weighted by atomic mass is 10.1. The van der Waals surface area contributed by atoms with E-state index in [2.05, 4.69) is 15.2 Å². The Balaban J connectivity index is 1.63. The largest absolute Gasteiger partial charge is 0.376 e. The predicted octanol–water partition coefficient (Wildman–Crippen LogP) is 1.69. The maximum atomic E-state index is 14.1. The lowest BCUT2D eigenvalue weighted by molar-refractivity contribution is -0.127. The van der Waals surface area contributed by atoms with E-state index in [1.807, 2.05) is 4.90 Å². The van der Waals surface area contributed by atoms with Gasteiger partial charge in [0.1, 0.15) is 18.2 Å². The molecule has 2 heterocycles. The number of aliphatic imine (C=N–C) groups is 1. The molecule has 1 unspecified atom stereocenters. The molecule has 0 bridgehead atoms. The molecule has 0 saturated carbocycles. The Hall–Kier alpha value is -2.42.